The Bertz CT molecular complexity index is 309. The van der Waals surface area contributed by atoms with Gasteiger partial charge in [-0.25, -0.2) is 0 Å². The molecule has 1 fully saturated rings. The van der Waals surface area contributed by atoms with E-state index in [9.17, 15) is 4.79 Å². The predicted molar refractivity (Wildman–Crippen MR) is 82.5 cm³/mol. The third-order valence-corrected chi connectivity index (χ3v) is 4.91. The number of carbonyl (C=O) groups is 1. The highest BCUT2D eigenvalue weighted by atomic mass is 16.5. The molecule has 0 aromatic carbocycles. The molecule has 118 valence electrons. The summed E-state index contributed by atoms with van der Waals surface area (Å²) in [7, 11) is 0. The summed E-state index contributed by atoms with van der Waals surface area (Å²) in [5.74, 6) is 0.0637. The van der Waals surface area contributed by atoms with Gasteiger partial charge in [0.1, 0.15) is 5.54 Å². The number of hydrogen-bond donors (Lipinski definition) is 1. The maximum absolute atomic E-state index is 12.1. The van der Waals surface area contributed by atoms with Crippen molar-refractivity contribution in [3.63, 3.8) is 0 Å². The van der Waals surface area contributed by atoms with Crippen molar-refractivity contribution in [2.24, 2.45) is 11.7 Å². The monoisotopic (exact) mass is 284 g/mol. The van der Waals surface area contributed by atoms with Crippen LogP contribution < -0.4 is 5.73 Å². The van der Waals surface area contributed by atoms with Gasteiger partial charge in [0.15, 0.2) is 0 Å². The lowest BCUT2D eigenvalue weighted by Crippen LogP contribution is -2.52. The molecule has 3 unspecified atom stereocenters. The fourth-order valence-electron chi connectivity index (χ4n) is 3.31. The van der Waals surface area contributed by atoms with E-state index < -0.39 is 5.54 Å². The van der Waals surface area contributed by atoms with Gasteiger partial charge in [-0.15, -0.1) is 0 Å². The van der Waals surface area contributed by atoms with E-state index in [2.05, 4.69) is 25.7 Å². The van der Waals surface area contributed by atoms with Crippen LogP contribution in [0.5, 0.6) is 0 Å². The molecule has 0 spiro atoms. The van der Waals surface area contributed by atoms with Crippen LogP contribution in [0.3, 0.4) is 0 Å². The van der Waals surface area contributed by atoms with Crippen molar-refractivity contribution in [3.05, 3.63) is 0 Å². The molecular weight excluding hydrogens is 252 g/mol. The first kappa shape index (κ1) is 17.4. The van der Waals surface area contributed by atoms with Gasteiger partial charge in [-0.1, -0.05) is 20.3 Å². The Morgan fingerprint density at radius 1 is 1.45 bits per heavy atom. The fourth-order valence-corrected chi connectivity index (χ4v) is 3.31. The summed E-state index contributed by atoms with van der Waals surface area (Å²) >= 11 is 0. The molecule has 3 atom stereocenters. The molecule has 0 heterocycles. The molecule has 20 heavy (non-hydrogen) atoms. The van der Waals surface area contributed by atoms with Crippen molar-refractivity contribution in [1.29, 1.82) is 0 Å². The highest BCUT2D eigenvalue weighted by Crippen LogP contribution is 2.37. The minimum Gasteiger partial charge on any atom is -0.465 e. The molecule has 0 bridgehead atoms. The smallest absolute Gasteiger partial charge is 0.326 e. The summed E-state index contributed by atoms with van der Waals surface area (Å²) in [5, 5.41) is 0. The summed E-state index contributed by atoms with van der Waals surface area (Å²) in [5.41, 5.74) is 5.63. The zero-order valence-corrected chi connectivity index (χ0v) is 13.7. The standard InChI is InChI=1S/C16H32N2O2/c1-5-13(4)18(6-2)12-10-14-9-8-11-16(14,17)15(19)20-7-3/h13-14H,5-12,17H2,1-4H3. The average Bonchev–Trinajstić information content (AvgIpc) is 2.82. The Balaban J connectivity index is 2.59. The van der Waals surface area contributed by atoms with Crippen LogP contribution >= 0.6 is 0 Å². The molecule has 1 aliphatic rings. The molecule has 1 saturated carbocycles. The Labute approximate surface area is 124 Å². The fraction of sp³-hybridized carbons (Fsp3) is 0.938. The summed E-state index contributed by atoms with van der Waals surface area (Å²) in [6.45, 7) is 11.0. The molecular formula is C16H32N2O2. The van der Waals surface area contributed by atoms with Gasteiger partial charge in [0.2, 0.25) is 0 Å². The predicted octanol–water partition coefficient (Wildman–Crippen LogP) is 2.56. The largest absolute Gasteiger partial charge is 0.465 e. The van der Waals surface area contributed by atoms with Crippen molar-refractivity contribution in [1.82, 2.24) is 4.90 Å². The van der Waals surface area contributed by atoms with E-state index in [0.717, 1.165) is 45.2 Å². The summed E-state index contributed by atoms with van der Waals surface area (Å²) in [6, 6.07) is 0.594. The minimum atomic E-state index is -0.745. The number of nitrogens with two attached hydrogens (primary N) is 1. The van der Waals surface area contributed by atoms with Gasteiger partial charge in [-0.3, -0.25) is 4.79 Å². The average molecular weight is 284 g/mol. The van der Waals surface area contributed by atoms with Gasteiger partial charge in [0.25, 0.3) is 0 Å². The molecule has 1 aliphatic carbocycles. The second kappa shape index (κ2) is 7.99. The summed E-state index contributed by atoms with van der Waals surface area (Å²) in [6.07, 6.45) is 5.01. The van der Waals surface area contributed by atoms with Crippen LogP contribution in [0.4, 0.5) is 0 Å². The van der Waals surface area contributed by atoms with Gasteiger partial charge >= 0.3 is 5.97 Å². The lowest BCUT2D eigenvalue weighted by atomic mass is 9.85. The number of hydrogen-bond acceptors (Lipinski definition) is 4. The van der Waals surface area contributed by atoms with Crippen LogP contribution in [-0.4, -0.2) is 42.1 Å². The zero-order chi connectivity index (χ0) is 15.2. The van der Waals surface area contributed by atoms with Crippen molar-refractivity contribution in [2.75, 3.05) is 19.7 Å². The number of esters is 1. The first-order chi connectivity index (χ1) is 9.49. The molecule has 2 N–H and O–H groups in total. The Morgan fingerprint density at radius 3 is 2.70 bits per heavy atom. The van der Waals surface area contributed by atoms with Crippen LogP contribution in [-0.2, 0) is 9.53 Å². The quantitative estimate of drug-likeness (QED) is 0.696. The van der Waals surface area contributed by atoms with Crippen LogP contribution in [0.25, 0.3) is 0 Å². The van der Waals surface area contributed by atoms with Crippen LogP contribution in [0.1, 0.15) is 59.8 Å². The van der Waals surface area contributed by atoms with Crippen molar-refractivity contribution >= 4 is 5.97 Å². The van der Waals surface area contributed by atoms with Gasteiger partial charge in [0.05, 0.1) is 6.61 Å². The lowest BCUT2D eigenvalue weighted by molar-refractivity contribution is -0.151. The van der Waals surface area contributed by atoms with Crippen molar-refractivity contribution in [2.45, 2.75) is 71.4 Å². The first-order valence-corrected chi connectivity index (χ1v) is 8.19. The second-order valence-corrected chi connectivity index (χ2v) is 6.02. The molecule has 4 nitrogen and oxygen atoms in total. The van der Waals surface area contributed by atoms with Gasteiger partial charge in [-0.05, 0) is 58.5 Å². The second-order valence-electron chi connectivity index (χ2n) is 6.02. The van der Waals surface area contributed by atoms with E-state index in [-0.39, 0.29) is 11.9 Å². The molecule has 0 saturated heterocycles. The van der Waals surface area contributed by atoms with Crippen molar-refractivity contribution < 1.29 is 9.53 Å². The highest BCUT2D eigenvalue weighted by molar-refractivity contribution is 5.81. The number of rotatable bonds is 8. The van der Waals surface area contributed by atoms with E-state index in [1.54, 1.807) is 0 Å². The van der Waals surface area contributed by atoms with Gasteiger partial charge < -0.3 is 15.4 Å². The minimum absolute atomic E-state index is 0.200. The van der Waals surface area contributed by atoms with Crippen LogP contribution in [0.2, 0.25) is 0 Å². The normalized spacial score (nSPS) is 27.8. The van der Waals surface area contributed by atoms with Gasteiger partial charge in [-0.2, -0.15) is 0 Å². The molecule has 0 aromatic rings. The molecule has 0 aliphatic heterocycles. The Morgan fingerprint density at radius 2 is 2.15 bits per heavy atom. The topological polar surface area (TPSA) is 55.6 Å². The van der Waals surface area contributed by atoms with E-state index in [1.807, 2.05) is 6.92 Å². The third kappa shape index (κ3) is 3.95. The number of ether oxygens (including phenoxy) is 1. The summed E-state index contributed by atoms with van der Waals surface area (Å²) in [4.78, 5) is 14.6. The first-order valence-electron chi connectivity index (χ1n) is 8.19. The molecule has 1 rings (SSSR count). The SMILES string of the molecule is CCOC(=O)C1(N)CCCC1CCN(CC)C(C)CC. The molecule has 0 amide bonds. The lowest BCUT2D eigenvalue weighted by Gasteiger charge is -2.32. The Hall–Kier alpha value is -0.610. The maximum Gasteiger partial charge on any atom is 0.326 e. The highest BCUT2D eigenvalue weighted by Gasteiger charge is 2.46. The van der Waals surface area contributed by atoms with E-state index >= 15 is 0 Å². The van der Waals surface area contributed by atoms with Crippen LogP contribution in [0.15, 0.2) is 0 Å². The van der Waals surface area contributed by atoms with E-state index in [4.69, 9.17) is 10.5 Å². The molecule has 4 heteroatoms. The molecule has 0 radical (unpaired) electrons. The Kier molecular flexibility index (Phi) is 6.96. The third-order valence-electron chi connectivity index (χ3n) is 4.91. The van der Waals surface area contributed by atoms with E-state index in [0.29, 0.717) is 12.6 Å². The molecule has 0 aromatic heterocycles. The number of carbonyl (C=O) groups excluding carboxylic acids is 1. The maximum atomic E-state index is 12.1. The van der Waals surface area contributed by atoms with Gasteiger partial charge in [0, 0.05) is 6.04 Å². The van der Waals surface area contributed by atoms with Crippen molar-refractivity contribution in [3.8, 4) is 0 Å². The van der Waals surface area contributed by atoms with E-state index in [1.165, 1.54) is 0 Å². The van der Waals surface area contributed by atoms with Crippen LogP contribution in [0, 0.1) is 5.92 Å². The number of nitrogens with zero attached hydrogens (tertiary/aromatic N) is 1. The zero-order valence-electron chi connectivity index (χ0n) is 13.7. The summed E-state index contributed by atoms with van der Waals surface area (Å²) < 4.78 is 5.18.